The van der Waals surface area contributed by atoms with Crippen molar-refractivity contribution in [2.45, 2.75) is 0 Å². The van der Waals surface area contributed by atoms with E-state index in [0.29, 0.717) is 27.5 Å². The second-order valence-corrected chi connectivity index (χ2v) is 5.86. The average Bonchev–Trinajstić information content (AvgIpc) is 2.63. The van der Waals surface area contributed by atoms with Gasteiger partial charge in [0.1, 0.15) is 28.6 Å². The summed E-state index contributed by atoms with van der Waals surface area (Å²) >= 11 is 6.11. The van der Waals surface area contributed by atoms with Crippen LogP contribution in [0.25, 0.3) is 0 Å². The Labute approximate surface area is 155 Å². The number of phenolic OH excluding ortho intramolecular Hbond substituents is 3. The highest BCUT2D eigenvalue weighted by molar-refractivity contribution is 6.31. The highest BCUT2D eigenvalue weighted by Gasteiger charge is 2.08. The first-order valence-corrected chi connectivity index (χ1v) is 8.09. The van der Waals surface area contributed by atoms with Gasteiger partial charge in [0.15, 0.2) is 0 Å². The molecule has 0 heterocycles. The molecule has 0 radical (unpaired) electrons. The Hall–Kier alpha value is -3.31. The van der Waals surface area contributed by atoms with E-state index in [0.717, 1.165) is 0 Å². The molecule has 6 heteroatoms. The molecule has 26 heavy (non-hydrogen) atoms. The third-order valence-corrected chi connectivity index (χ3v) is 3.80. The van der Waals surface area contributed by atoms with Crippen molar-refractivity contribution in [1.82, 2.24) is 0 Å². The summed E-state index contributed by atoms with van der Waals surface area (Å²) in [6.45, 7) is 0. The second-order valence-electron chi connectivity index (χ2n) is 5.43. The number of para-hydroxylation sites is 4. The van der Waals surface area contributed by atoms with E-state index in [9.17, 15) is 15.3 Å². The van der Waals surface area contributed by atoms with E-state index in [1.807, 2.05) is 0 Å². The number of hydrogen-bond donors (Lipinski definition) is 3. The molecule has 0 aliphatic carbocycles. The fourth-order valence-electron chi connectivity index (χ4n) is 2.26. The van der Waals surface area contributed by atoms with Gasteiger partial charge in [0.2, 0.25) is 0 Å². The van der Waals surface area contributed by atoms with Gasteiger partial charge >= 0.3 is 0 Å². The van der Waals surface area contributed by atoms with Crippen molar-refractivity contribution in [2.24, 2.45) is 9.98 Å². The van der Waals surface area contributed by atoms with Crippen molar-refractivity contribution in [2.75, 3.05) is 0 Å². The molecule has 0 aromatic heterocycles. The van der Waals surface area contributed by atoms with Crippen molar-refractivity contribution >= 4 is 35.4 Å². The highest BCUT2D eigenvalue weighted by atomic mass is 35.5. The molecular weight excluding hydrogens is 352 g/mol. The van der Waals surface area contributed by atoms with Crippen LogP contribution in [-0.2, 0) is 0 Å². The molecule has 130 valence electrons. The Bertz CT molecular complexity index is 923. The summed E-state index contributed by atoms with van der Waals surface area (Å²) in [7, 11) is 0. The Balaban J connectivity index is 1.94. The summed E-state index contributed by atoms with van der Waals surface area (Å²) in [4.78, 5) is 8.35. The standard InChI is InChI=1S/C20H15ClN2O3/c21-15-9-13(11-22-16-5-1-3-7-18(16)24)20(26)14(10-15)12-23-17-6-2-4-8-19(17)25/h1-12,24-26H. The maximum atomic E-state index is 10.4. The Kier molecular flexibility index (Phi) is 5.20. The summed E-state index contributed by atoms with van der Waals surface area (Å²) in [6, 6.07) is 16.3. The van der Waals surface area contributed by atoms with Gasteiger partial charge in [-0.2, -0.15) is 0 Å². The van der Waals surface area contributed by atoms with Gasteiger partial charge < -0.3 is 15.3 Å². The normalized spacial score (nSPS) is 11.4. The van der Waals surface area contributed by atoms with Gasteiger partial charge in [-0.3, -0.25) is 9.98 Å². The molecule has 3 aromatic carbocycles. The van der Waals surface area contributed by atoms with Crippen molar-refractivity contribution in [3.8, 4) is 17.2 Å². The Morgan fingerprint density at radius 1 is 0.692 bits per heavy atom. The summed E-state index contributed by atoms with van der Waals surface area (Å²) in [5.74, 6) is 0.00551. The molecule has 3 N–H and O–H groups in total. The first-order valence-electron chi connectivity index (χ1n) is 7.71. The van der Waals surface area contributed by atoms with Crippen LogP contribution in [0.1, 0.15) is 11.1 Å². The number of phenols is 3. The van der Waals surface area contributed by atoms with Crippen LogP contribution < -0.4 is 0 Å². The van der Waals surface area contributed by atoms with Crippen LogP contribution in [0.4, 0.5) is 11.4 Å². The lowest BCUT2D eigenvalue weighted by molar-refractivity contribution is 0.473. The van der Waals surface area contributed by atoms with Crippen molar-refractivity contribution in [3.63, 3.8) is 0 Å². The zero-order chi connectivity index (χ0) is 18.5. The zero-order valence-electron chi connectivity index (χ0n) is 13.5. The second kappa shape index (κ2) is 7.72. The lowest BCUT2D eigenvalue weighted by Gasteiger charge is -2.05. The zero-order valence-corrected chi connectivity index (χ0v) is 14.3. The minimum atomic E-state index is -0.0623. The molecule has 0 unspecified atom stereocenters. The van der Waals surface area contributed by atoms with Crippen LogP contribution in [0.5, 0.6) is 17.2 Å². The summed E-state index contributed by atoms with van der Waals surface area (Å²) < 4.78 is 0. The van der Waals surface area contributed by atoms with E-state index >= 15 is 0 Å². The minimum Gasteiger partial charge on any atom is -0.507 e. The predicted molar refractivity (Wildman–Crippen MR) is 104 cm³/mol. The lowest BCUT2D eigenvalue weighted by Crippen LogP contribution is -1.90. The summed E-state index contributed by atoms with van der Waals surface area (Å²) in [5, 5.41) is 30.3. The topological polar surface area (TPSA) is 85.4 Å². The van der Waals surface area contributed by atoms with Crippen LogP contribution in [0, 0.1) is 0 Å². The Morgan fingerprint density at radius 2 is 1.12 bits per heavy atom. The van der Waals surface area contributed by atoms with E-state index < -0.39 is 0 Å². The van der Waals surface area contributed by atoms with E-state index in [1.165, 1.54) is 24.6 Å². The number of aliphatic imine (C=N–C) groups is 2. The van der Waals surface area contributed by atoms with Crippen LogP contribution in [0.2, 0.25) is 5.02 Å². The number of aromatic hydroxyl groups is 3. The number of hydrogen-bond acceptors (Lipinski definition) is 5. The van der Waals surface area contributed by atoms with Crippen molar-refractivity contribution < 1.29 is 15.3 Å². The monoisotopic (exact) mass is 366 g/mol. The molecule has 0 amide bonds. The van der Waals surface area contributed by atoms with Crippen molar-refractivity contribution in [1.29, 1.82) is 0 Å². The first kappa shape index (κ1) is 17.5. The van der Waals surface area contributed by atoms with E-state index in [2.05, 4.69) is 9.98 Å². The summed E-state index contributed by atoms with van der Waals surface area (Å²) in [5.41, 5.74) is 1.49. The highest BCUT2D eigenvalue weighted by Crippen LogP contribution is 2.29. The fraction of sp³-hybridized carbons (Fsp3) is 0. The van der Waals surface area contributed by atoms with Crippen LogP contribution >= 0.6 is 11.6 Å². The molecule has 3 aromatic rings. The van der Waals surface area contributed by atoms with Gasteiger partial charge in [-0.05, 0) is 36.4 Å². The van der Waals surface area contributed by atoms with Crippen LogP contribution in [0.3, 0.4) is 0 Å². The van der Waals surface area contributed by atoms with Crippen LogP contribution in [0.15, 0.2) is 70.6 Å². The molecule has 5 nitrogen and oxygen atoms in total. The molecule has 0 spiro atoms. The minimum absolute atomic E-state index is 0.0339. The first-order chi connectivity index (χ1) is 12.5. The van der Waals surface area contributed by atoms with Gasteiger partial charge in [0.05, 0.1) is 0 Å². The maximum absolute atomic E-state index is 10.4. The molecule has 0 fully saturated rings. The van der Waals surface area contributed by atoms with Crippen molar-refractivity contribution in [3.05, 3.63) is 76.8 Å². The number of halogens is 1. The van der Waals surface area contributed by atoms with Gasteiger partial charge in [0, 0.05) is 28.6 Å². The van der Waals surface area contributed by atoms with Gasteiger partial charge in [-0.25, -0.2) is 0 Å². The number of rotatable bonds is 4. The third kappa shape index (κ3) is 4.02. The third-order valence-electron chi connectivity index (χ3n) is 3.58. The number of nitrogens with zero attached hydrogens (tertiary/aromatic N) is 2. The molecular formula is C20H15ClN2O3. The molecule has 0 atom stereocenters. The lowest BCUT2D eigenvalue weighted by atomic mass is 10.1. The average molecular weight is 367 g/mol. The van der Waals surface area contributed by atoms with Gasteiger partial charge in [-0.1, -0.05) is 35.9 Å². The predicted octanol–water partition coefficient (Wildman–Crippen LogP) is 4.96. The van der Waals surface area contributed by atoms with E-state index in [-0.39, 0.29) is 17.2 Å². The molecule has 0 saturated heterocycles. The van der Waals surface area contributed by atoms with Gasteiger partial charge in [0.25, 0.3) is 0 Å². The Morgan fingerprint density at radius 3 is 1.54 bits per heavy atom. The largest absolute Gasteiger partial charge is 0.507 e. The summed E-state index contributed by atoms with van der Waals surface area (Å²) in [6.07, 6.45) is 2.82. The SMILES string of the molecule is Oc1ccccc1N=Cc1cc(Cl)cc(C=Nc2ccccc2O)c1O. The maximum Gasteiger partial charge on any atom is 0.141 e. The number of benzene rings is 3. The van der Waals surface area contributed by atoms with Gasteiger partial charge in [-0.15, -0.1) is 0 Å². The smallest absolute Gasteiger partial charge is 0.141 e. The van der Waals surface area contributed by atoms with E-state index in [1.54, 1.807) is 48.5 Å². The molecule has 0 aliphatic heterocycles. The molecule has 3 rings (SSSR count). The van der Waals surface area contributed by atoms with E-state index in [4.69, 9.17) is 11.6 Å². The fourth-order valence-corrected chi connectivity index (χ4v) is 2.50. The molecule has 0 saturated carbocycles. The molecule has 0 aliphatic rings. The quantitative estimate of drug-likeness (QED) is 0.570. The van der Waals surface area contributed by atoms with Crippen LogP contribution in [-0.4, -0.2) is 27.7 Å². The molecule has 0 bridgehead atoms.